The average molecular weight is 525 g/mol. The molecule has 0 saturated heterocycles. The molecule has 0 fully saturated rings. The summed E-state index contributed by atoms with van der Waals surface area (Å²) in [4.78, 5) is 28.6. The van der Waals surface area contributed by atoms with Crippen molar-refractivity contribution in [3.8, 4) is 22.6 Å². The molecule has 2 aromatic heterocycles. The van der Waals surface area contributed by atoms with Gasteiger partial charge in [-0.2, -0.15) is 18.3 Å². The second-order valence-electron chi connectivity index (χ2n) is 9.02. The van der Waals surface area contributed by atoms with Crippen LogP contribution in [0.5, 0.6) is 0 Å². The van der Waals surface area contributed by atoms with Crippen LogP contribution in [0.4, 0.5) is 18.9 Å². The van der Waals surface area contributed by atoms with Gasteiger partial charge in [0.2, 0.25) is 0 Å². The Balaban J connectivity index is 1.93. The third kappa shape index (κ3) is 5.47. The smallest absolute Gasteiger partial charge is 0.399 e. The lowest BCUT2D eigenvalue weighted by Crippen LogP contribution is -2.36. The molecule has 0 aliphatic heterocycles. The van der Waals surface area contributed by atoms with E-state index in [1.54, 1.807) is 48.1 Å². The largest absolute Gasteiger partial charge is 0.416 e. The van der Waals surface area contributed by atoms with Crippen LogP contribution in [-0.2, 0) is 6.18 Å². The van der Waals surface area contributed by atoms with E-state index in [9.17, 15) is 22.8 Å². The van der Waals surface area contributed by atoms with Crippen molar-refractivity contribution in [1.82, 2.24) is 24.6 Å². The fourth-order valence-electron chi connectivity index (χ4n) is 4.07. The second-order valence-corrected chi connectivity index (χ2v) is 9.02. The molecule has 38 heavy (non-hydrogen) atoms. The third-order valence-corrected chi connectivity index (χ3v) is 6.02. The molecule has 2 aromatic carbocycles. The number of benzene rings is 2. The van der Waals surface area contributed by atoms with Crippen LogP contribution in [0.2, 0.25) is 0 Å². The summed E-state index contributed by atoms with van der Waals surface area (Å²) in [5, 5.41) is 7.10. The zero-order chi connectivity index (χ0) is 27.6. The van der Waals surface area contributed by atoms with Gasteiger partial charge in [-0.05, 0) is 75.6 Å². The van der Waals surface area contributed by atoms with Crippen LogP contribution in [0.15, 0.2) is 71.7 Å². The minimum absolute atomic E-state index is 0.00920. The molecule has 1 amide bonds. The van der Waals surface area contributed by atoms with Gasteiger partial charge in [-0.3, -0.25) is 14.2 Å². The van der Waals surface area contributed by atoms with E-state index in [-0.39, 0.29) is 17.8 Å². The molecule has 3 N–H and O–H groups in total. The van der Waals surface area contributed by atoms with Gasteiger partial charge < -0.3 is 16.0 Å². The van der Waals surface area contributed by atoms with E-state index in [0.717, 1.165) is 16.7 Å². The Morgan fingerprint density at radius 3 is 2.42 bits per heavy atom. The first-order chi connectivity index (χ1) is 18.0. The molecular formula is C27H27F3N6O2. The number of carbonyl (C=O) groups is 1. The summed E-state index contributed by atoms with van der Waals surface area (Å²) in [6.45, 7) is 2.43. The minimum Gasteiger partial charge on any atom is -0.399 e. The van der Waals surface area contributed by atoms with Gasteiger partial charge in [-0.15, -0.1) is 0 Å². The van der Waals surface area contributed by atoms with Crippen molar-refractivity contribution in [2.45, 2.75) is 13.1 Å². The van der Waals surface area contributed by atoms with Crippen molar-refractivity contribution in [2.24, 2.45) is 0 Å². The molecule has 0 aliphatic carbocycles. The first-order valence-electron chi connectivity index (χ1n) is 11.7. The van der Waals surface area contributed by atoms with Gasteiger partial charge in [-0.1, -0.05) is 6.07 Å². The van der Waals surface area contributed by atoms with E-state index in [4.69, 9.17) is 5.73 Å². The van der Waals surface area contributed by atoms with Gasteiger partial charge >= 0.3 is 6.18 Å². The fraction of sp³-hybridized carbons (Fsp3) is 0.222. The van der Waals surface area contributed by atoms with E-state index < -0.39 is 23.2 Å². The molecule has 0 spiro atoms. The van der Waals surface area contributed by atoms with Crippen LogP contribution < -0.4 is 16.6 Å². The van der Waals surface area contributed by atoms with Crippen LogP contribution in [-0.4, -0.2) is 52.3 Å². The van der Waals surface area contributed by atoms with Crippen LogP contribution >= 0.6 is 0 Å². The van der Waals surface area contributed by atoms with Crippen molar-refractivity contribution in [3.05, 3.63) is 94.0 Å². The zero-order valence-corrected chi connectivity index (χ0v) is 21.1. The Morgan fingerprint density at radius 1 is 1.05 bits per heavy atom. The lowest BCUT2D eigenvalue weighted by molar-refractivity contribution is -0.137. The molecule has 198 valence electrons. The fourth-order valence-corrected chi connectivity index (χ4v) is 4.07. The molecule has 0 unspecified atom stereocenters. The number of likely N-dealkylation sites (N-methyl/N-ethyl adjacent to an activating group) is 1. The highest BCUT2D eigenvalue weighted by molar-refractivity contribution is 5.95. The standard InChI is InChI=1S/C27H27F3N6O2/c1-17-22(24-11-12-33-36(24)20-9-7-19(31)8-10-20)16-23(25(37)32-13-14-34(2)3)26(38)35(17)21-6-4-5-18(15-21)27(28,29)30/h4-12,15-16H,13-14,31H2,1-3H3,(H,32,37). The Bertz CT molecular complexity index is 1520. The summed E-state index contributed by atoms with van der Waals surface area (Å²) >= 11 is 0. The number of halogens is 3. The Morgan fingerprint density at radius 2 is 1.76 bits per heavy atom. The number of nitrogens with two attached hydrogens (primary N) is 1. The topological polar surface area (TPSA) is 98.2 Å². The van der Waals surface area contributed by atoms with E-state index in [1.165, 1.54) is 18.2 Å². The summed E-state index contributed by atoms with van der Waals surface area (Å²) in [6.07, 6.45) is -3.05. The average Bonchev–Trinajstić information content (AvgIpc) is 3.33. The number of hydrogen-bond acceptors (Lipinski definition) is 5. The van der Waals surface area contributed by atoms with Gasteiger partial charge in [0.15, 0.2) is 0 Å². The second kappa shape index (κ2) is 10.5. The number of carbonyl (C=O) groups excluding carboxylic acids is 1. The van der Waals surface area contributed by atoms with Gasteiger partial charge in [0, 0.05) is 35.7 Å². The number of hydrogen-bond donors (Lipinski definition) is 2. The number of aromatic nitrogens is 3. The molecule has 8 nitrogen and oxygen atoms in total. The maximum Gasteiger partial charge on any atom is 0.416 e. The minimum atomic E-state index is -4.61. The lowest BCUT2D eigenvalue weighted by Gasteiger charge is -2.19. The first kappa shape index (κ1) is 26.7. The highest BCUT2D eigenvalue weighted by Gasteiger charge is 2.31. The van der Waals surface area contributed by atoms with Crippen molar-refractivity contribution < 1.29 is 18.0 Å². The summed E-state index contributed by atoms with van der Waals surface area (Å²) in [6, 6.07) is 14.6. The maximum atomic E-state index is 13.6. The number of pyridine rings is 1. The van der Waals surface area contributed by atoms with E-state index in [0.29, 0.717) is 34.9 Å². The van der Waals surface area contributed by atoms with Gasteiger partial charge in [0.05, 0.1) is 23.1 Å². The van der Waals surface area contributed by atoms with E-state index in [1.807, 2.05) is 19.0 Å². The first-order valence-corrected chi connectivity index (χ1v) is 11.7. The number of amides is 1. The number of nitrogens with zero attached hydrogens (tertiary/aromatic N) is 4. The molecule has 4 rings (SSSR count). The van der Waals surface area contributed by atoms with Crippen LogP contribution in [0.25, 0.3) is 22.6 Å². The molecule has 4 aromatic rings. The molecule has 11 heteroatoms. The highest BCUT2D eigenvalue weighted by atomic mass is 19.4. The highest BCUT2D eigenvalue weighted by Crippen LogP contribution is 2.32. The monoisotopic (exact) mass is 524 g/mol. The van der Waals surface area contributed by atoms with E-state index in [2.05, 4.69) is 10.4 Å². The van der Waals surface area contributed by atoms with Crippen molar-refractivity contribution >= 4 is 11.6 Å². The van der Waals surface area contributed by atoms with Crippen LogP contribution in [0.3, 0.4) is 0 Å². The molecule has 2 heterocycles. The Labute approximate surface area is 217 Å². The van der Waals surface area contributed by atoms with Crippen molar-refractivity contribution in [3.63, 3.8) is 0 Å². The number of nitrogen functional groups attached to an aromatic ring is 1. The van der Waals surface area contributed by atoms with Crippen LogP contribution in [0, 0.1) is 6.92 Å². The lowest BCUT2D eigenvalue weighted by atomic mass is 10.0. The number of anilines is 1. The van der Waals surface area contributed by atoms with Crippen LogP contribution in [0.1, 0.15) is 21.6 Å². The number of alkyl halides is 3. The van der Waals surface area contributed by atoms with Gasteiger partial charge in [-0.25, -0.2) is 4.68 Å². The van der Waals surface area contributed by atoms with Gasteiger partial charge in [0.1, 0.15) is 5.56 Å². The summed E-state index contributed by atoms with van der Waals surface area (Å²) in [7, 11) is 3.68. The van der Waals surface area contributed by atoms with Crippen molar-refractivity contribution in [2.75, 3.05) is 32.9 Å². The number of rotatable bonds is 7. The third-order valence-electron chi connectivity index (χ3n) is 6.02. The summed E-state index contributed by atoms with van der Waals surface area (Å²) < 4.78 is 43.2. The Kier molecular flexibility index (Phi) is 7.40. The van der Waals surface area contributed by atoms with Crippen molar-refractivity contribution in [1.29, 1.82) is 0 Å². The zero-order valence-electron chi connectivity index (χ0n) is 21.1. The Hall–Kier alpha value is -4.38. The SMILES string of the molecule is Cc1c(-c2ccnn2-c2ccc(N)cc2)cc(C(=O)NCCN(C)C)c(=O)n1-c1cccc(C(F)(F)F)c1. The molecule has 0 aliphatic rings. The normalized spacial score (nSPS) is 11.7. The number of nitrogens with one attached hydrogen (secondary N) is 1. The predicted molar refractivity (Wildman–Crippen MR) is 140 cm³/mol. The quantitative estimate of drug-likeness (QED) is 0.358. The molecule has 0 atom stereocenters. The predicted octanol–water partition coefficient (Wildman–Crippen LogP) is 3.89. The molecule has 0 radical (unpaired) electrons. The maximum absolute atomic E-state index is 13.6. The van der Waals surface area contributed by atoms with E-state index >= 15 is 0 Å². The summed E-state index contributed by atoms with van der Waals surface area (Å²) in [5.41, 5.74) is 6.54. The molecule has 0 saturated carbocycles. The molecule has 0 bridgehead atoms. The van der Waals surface area contributed by atoms with Gasteiger partial charge in [0.25, 0.3) is 11.5 Å². The molecular weight excluding hydrogens is 497 g/mol. The summed E-state index contributed by atoms with van der Waals surface area (Å²) in [5.74, 6) is -0.627.